The summed E-state index contributed by atoms with van der Waals surface area (Å²) in [6, 6.07) is 0. The van der Waals surface area contributed by atoms with E-state index in [4.69, 9.17) is 0 Å². The minimum Gasteiger partial charge on any atom is -0.418 e. The van der Waals surface area contributed by atoms with Crippen LogP contribution in [-0.4, -0.2) is 23.7 Å². The number of unbranched alkanes of at least 4 members (excludes halogenated alkanes) is 3. The molecule has 0 radical (unpaired) electrons. The third-order valence-electron chi connectivity index (χ3n) is 2.85. The van der Waals surface area contributed by atoms with E-state index in [0.29, 0.717) is 10.3 Å². The molecule has 6 heteroatoms. The van der Waals surface area contributed by atoms with E-state index in [1.807, 2.05) is 0 Å². The zero-order chi connectivity index (χ0) is 16.6. The lowest BCUT2D eigenvalue weighted by molar-refractivity contribution is 0.368. The van der Waals surface area contributed by atoms with Crippen LogP contribution in [0.15, 0.2) is 0 Å². The summed E-state index contributed by atoms with van der Waals surface area (Å²) in [5, 5.41) is 1.03. The Bertz CT molecular complexity index is 221. The first kappa shape index (κ1) is 22.5. The van der Waals surface area contributed by atoms with Crippen LogP contribution in [0.4, 0.5) is 17.3 Å². The van der Waals surface area contributed by atoms with Crippen molar-refractivity contribution in [3.05, 3.63) is 0 Å². The molecule has 0 N–H and O–H groups in total. The van der Waals surface area contributed by atoms with Crippen molar-refractivity contribution in [1.82, 2.24) is 0 Å². The highest BCUT2D eigenvalue weighted by Crippen LogP contribution is 2.59. The van der Waals surface area contributed by atoms with Gasteiger partial charge in [-0.3, -0.25) is 0 Å². The highest BCUT2D eigenvalue weighted by atomic mass is 31.1. The van der Waals surface area contributed by atoms with Crippen LogP contribution in [0.1, 0.15) is 74.1 Å². The predicted molar refractivity (Wildman–Crippen MR) is 85.6 cm³/mol. The van der Waals surface area contributed by atoms with Gasteiger partial charge in [0.1, 0.15) is 0 Å². The maximum absolute atomic E-state index is 9.75. The molecule has 0 aliphatic rings. The monoisotopic (exact) mass is 317 g/mol. The van der Waals surface area contributed by atoms with Crippen LogP contribution in [0.2, 0.25) is 0 Å². The van der Waals surface area contributed by atoms with E-state index in [2.05, 4.69) is 48.5 Å². The standard InChI is InChI=1S/C14H31P.BF4/c1-8-9-10-11-12-15(13(2,3)4)14(5,6)7;2-1(3,4)5/h8-12H2,1-7H3;/q;-1. The van der Waals surface area contributed by atoms with Crippen molar-refractivity contribution in [2.24, 2.45) is 0 Å². The second-order valence-electron chi connectivity index (χ2n) is 7.05. The number of halogens is 4. The van der Waals surface area contributed by atoms with Crippen molar-refractivity contribution in [2.75, 3.05) is 6.16 Å². The smallest absolute Gasteiger partial charge is 0.418 e. The summed E-state index contributed by atoms with van der Waals surface area (Å²) in [6.07, 6.45) is 7.10. The second kappa shape index (κ2) is 9.28. The third-order valence-corrected chi connectivity index (χ3v) is 6.86. The van der Waals surface area contributed by atoms with E-state index in [1.54, 1.807) is 0 Å². The molecule has 0 aromatic rings. The minimum atomic E-state index is -6.00. The van der Waals surface area contributed by atoms with Crippen LogP contribution in [0.3, 0.4) is 0 Å². The molecule has 0 amide bonds. The Morgan fingerprint density at radius 1 is 0.750 bits per heavy atom. The second-order valence-corrected chi connectivity index (χ2v) is 11.0. The summed E-state index contributed by atoms with van der Waals surface area (Å²) in [4.78, 5) is 0. The van der Waals surface area contributed by atoms with Crippen molar-refractivity contribution < 1.29 is 17.3 Å². The molecule has 0 spiro atoms. The lowest BCUT2D eigenvalue weighted by Gasteiger charge is -2.41. The van der Waals surface area contributed by atoms with Gasteiger partial charge in [0.25, 0.3) is 0 Å². The van der Waals surface area contributed by atoms with Crippen LogP contribution < -0.4 is 0 Å². The Hall–Kier alpha value is 0.215. The summed E-state index contributed by atoms with van der Waals surface area (Å²) in [6.45, 7) is 16.8. The molecule has 124 valence electrons. The highest BCUT2D eigenvalue weighted by molar-refractivity contribution is 7.60. The van der Waals surface area contributed by atoms with Crippen molar-refractivity contribution in [2.45, 2.75) is 84.5 Å². The van der Waals surface area contributed by atoms with Gasteiger partial charge in [0.05, 0.1) is 0 Å². The molecule has 0 rings (SSSR count). The van der Waals surface area contributed by atoms with Gasteiger partial charge in [0.15, 0.2) is 0 Å². The van der Waals surface area contributed by atoms with Crippen LogP contribution in [0.25, 0.3) is 0 Å². The highest BCUT2D eigenvalue weighted by Gasteiger charge is 2.33. The Morgan fingerprint density at radius 2 is 1.10 bits per heavy atom. The van der Waals surface area contributed by atoms with E-state index >= 15 is 0 Å². The summed E-state index contributed by atoms with van der Waals surface area (Å²) >= 11 is 0. The zero-order valence-electron chi connectivity index (χ0n) is 14.1. The molecule has 0 unspecified atom stereocenters. The van der Waals surface area contributed by atoms with Crippen molar-refractivity contribution >= 4 is 15.2 Å². The average Bonchev–Trinajstić information content (AvgIpc) is 2.10. The molecule has 0 aliphatic carbocycles. The normalized spacial score (nSPS) is 13.2. The molecule has 0 atom stereocenters. The fraction of sp³-hybridized carbons (Fsp3) is 1.00. The molecule has 0 aliphatic heterocycles. The lowest BCUT2D eigenvalue weighted by atomic mass is 10.2. The fourth-order valence-electron chi connectivity index (χ4n) is 2.37. The third kappa shape index (κ3) is 16.3. The molecule has 0 saturated carbocycles. The summed E-state index contributed by atoms with van der Waals surface area (Å²) < 4.78 is 39.0. The van der Waals surface area contributed by atoms with E-state index in [0.717, 1.165) is 0 Å². The zero-order valence-corrected chi connectivity index (χ0v) is 15.0. The Kier molecular flexibility index (Phi) is 10.4. The first-order chi connectivity index (χ1) is 8.69. The van der Waals surface area contributed by atoms with Gasteiger partial charge in [-0.2, -0.15) is 0 Å². The molecule has 0 saturated heterocycles. The maximum Gasteiger partial charge on any atom is 0.673 e. The SMILES string of the molecule is CCCCCCP(C(C)(C)C)C(C)(C)C.F[B-](F)(F)F. The Balaban J connectivity index is 0. The summed E-state index contributed by atoms with van der Waals surface area (Å²) in [7, 11) is -5.86. The van der Waals surface area contributed by atoms with Gasteiger partial charge in [-0.25, -0.2) is 0 Å². The van der Waals surface area contributed by atoms with Crippen LogP contribution >= 0.6 is 7.92 Å². The molecule has 0 bridgehead atoms. The van der Waals surface area contributed by atoms with Gasteiger partial charge in [-0.1, -0.05) is 75.7 Å². The lowest BCUT2D eigenvalue weighted by Crippen LogP contribution is -2.26. The topological polar surface area (TPSA) is 0 Å². The maximum atomic E-state index is 9.75. The Labute approximate surface area is 124 Å². The van der Waals surface area contributed by atoms with Crippen LogP contribution in [-0.2, 0) is 0 Å². The van der Waals surface area contributed by atoms with Crippen LogP contribution in [0.5, 0.6) is 0 Å². The van der Waals surface area contributed by atoms with Gasteiger partial charge in [-0.15, -0.1) is 0 Å². The van der Waals surface area contributed by atoms with Gasteiger partial charge in [0, 0.05) is 0 Å². The molecular formula is C14H31BF4P-. The molecular weight excluding hydrogens is 286 g/mol. The quantitative estimate of drug-likeness (QED) is 0.223. The first-order valence-electron chi connectivity index (χ1n) is 7.34. The van der Waals surface area contributed by atoms with Crippen molar-refractivity contribution in [3.8, 4) is 0 Å². The van der Waals surface area contributed by atoms with Gasteiger partial charge < -0.3 is 17.3 Å². The predicted octanol–water partition coefficient (Wildman–Crippen LogP) is 6.95. The molecule has 0 fully saturated rings. The fourth-order valence-corrected chi connectivity index (χ4v) is 6.27. The number of rotatable bonds is 5. The molecule has 0 heterocycles. The molecule has 0 aromatic carbocycles. The number of hydrogen-bond donors (Lipinski definition) is 0. The van der Waals surface area contributed by atoms with E-state index < -0.39 is 7.25 Å². The molecule has 0 aromatic heterocycles. The van der Waals surface area contributed by atoms with Gasteiger partial charge in [0.2, 0.25) is 0 Å². The largest absolute Gasteiger partial charge is 0.673 e. The number of hydrogen-bond acceptors (Lipinski definition) is 0. The molecule has 20 heavy (non-hydrogen) atoms. The van der Waals surface area contributed by atoms with E-state index in [1.165, 1.54) is 31.8 Å². The average molecular weight is 317 g/mol. The van der Waals surface area contributed by atoms with Crippen molar-refractivity contribution in [1.29, 1.82) is 0 Å². The van der Waals surface area contributed by atoms with E-state index in [-0.39, 0.29) is 7.92 Å². The van der Waals surface area contributed by atoms with E-state index in [9.17, 15) is 17.3 Å². The van der Waals surface area contributed by atoms with Crippen molar-refractivity contribution in [3.63, 3.8) is 0 Å². The summed E-state index contributed by atoms with van der Waals surface area (Å²) in [5.41, 5.74) is 0. The Morgan fingerprint density at radius 3 is 1.35 bits per heavy atom. The first-order valence-corrected chi connectivity index (χ1v) is 8.87. The minimum absolute atomic E-state index is 0.141. The summed E-state index contributed by atoms with van der Waals surface area (Å²) in [5.74, 6) is 0. The molecule has 0 nitrogen and oxygen atoms in total. The van der Waals surface area contributed by atoms with Crippen LogP contribution in [0, 0.1) is 0 Å². The van der Waals surface area contributed by atoms with Gasteiger partial charge in [-0.05, 0) is 22.9 Å². The van der Waals surface area contributed by atoms with Gasteiger partial charge >= 0.3 is 7.25 Å².